The normalized spacial score (nSPS) is 10.9. The number of aryl methyl sites for hydroxylation is 2. The van der Waals surface area contributed by atoms with Crippen molar-refractivity contribution in [3.05, 3.63) is 23.3 Å². The Bertz CT molecular complexity index is 274. The Morgan fingerprint density at radius 2 is 2.00 bits per heavy atom. The standard InChI is InChI=1S/C11H19N3/c1-8(2)6-12-7-11-5-9(3)13-10(4)14-11/h5,8,12H,6-7H2,1-4H3. The Morgan fingerprint density at radius 3 is 2.57 bits per heavy atom. The van der Waals surface area contributed by atoms with Gasteiger partial charge < -0.3 is 5.32 Å². The van der Waals surface area contributed by atoms with Crippen LogP contribution in [0.25, 0.3) is 0 Å². The van der Waals surface area contributed by atoms with Gasteiger partial charge in [0.05, 0.1) is 5.69 Å². The molecule has 14 heavy (non-hydrogen) atoms. The average Bonchev–Trinajstić information content (AvgIpc) is 2.01. The molecule has 78 valence electrons. The summed E-state index contributed by atoms with van der Waals surface area (Å²) in [6.07, 6.45) is 0. The first-order chi connectivity index (χ1) is 6.58. The quantitative estimate of drug-likeness (QED) is 0.793. The molecule has 1 aromatic rings. The van der Waals surface area contributed by atoms with Gasteiger partial charge in [0.2, 0.25) is 0 Å². The van der Waals surface area contributed by atoms with Gasteiger partial charge in [0.1, 0.15) is 5.82 Å². The molecule has 1 rings (SSSR count). The third-order valence-corrected chi connectivity index (χ3v) is 1.88. The van der Waals surface area contributed by atoms with Crippen LogP contribution in [0.3, 0.4) is 0 Å². The monoisotopic (exact) mass is 193 g/mol. The van der Waals surface area contributed by atoms with E-state index in [2.05, 4.69) is 29.1 Å². The molecule has 0 aliphatic heterocycles. The predicted molar refractivity (Wildman–Crippen MR) is 58.1 cm³/mol. The van der Waals surface area contributed by atoms with Gasteiger partial charge in [-0.25, -0.2) is 9.97 Å². The number of nitrogens with zero attached hydrogens (tertiary/aromatic N) is 2. The maximum absolute atomic E-state index is 4.36. The van der Waals surface area contributed by atoms with Crippen molar-refractivity contribution < 1.29 is 0 Å². The lowest BCUT2D eigenvalue weighted by Gasteiger charge is -2.07. The van der Waals surface area contributed by atoms with E-state index in [1.165, 1.54) is 0 Å². The summed E-state index contributed by atoms with van der Waals surface area (Å²) in [4.78, 5) is 8.60. The lowest BCUT2D eigenvalue weighted by Crippen LogP contribution is -2.20. The van der Waals surface area contributed by atoms with Crippen LogP contribution in [0.15, 0.2) is 6.07 Å². The second-order valence-electron chi connectivity index (χ2n) is 4.07. The van der Waals surface area contributed by atoms with E-state index >= 15 is 0 Å². The van der Waals surface area contributed by atoms with Crippen LogP contribution in [0.2, 0.25) is 0 Å². The van der Waals surface area contributed by atoms with Crippen molar-refractivity contribution in [3.8, 4) is 0 Å². The number of rotatable bonds is 4. The van der Waals surface area contributed by atoms with Crippen molar-refractivity contribution in [1.29, 1.82) is 0 Å². The Morgan fingerprint density at radius 1 is 1.29 bits per heavy atom. The van der Waals surface area contributed by atoms with Gasteiger partial charge in [-0.15, -0.1) is 0 Å². The van der Waals surface area contributed by atoms with Crippen molar-refractivity contribution >= 4 is 0 Å². The van der Waals surface area contributed by atoms with Gasteiger partial charge in [-0.2, -0.15) is 0 Å². The fourth-order valence-corrected chi connectivity index (χ4v) is 1.37. The van der Waals surface area contributed by atoms with Gasteiger partial charge in [-0.3, -0.25) is 0 Å². The van der Waals surface area contributed by atoms with E-state index in [9.17, 15) is 0 Å². The van der Waals surface area contributed by atoms with E-state index < -0.39 is 0 Å². The van der Waals surface area contributed by atoms with Gasteiger partial charge in [-0.1, -0.05) is 13.8 Å². The summed E-state index contributed by atoms with van der Waals surface area (Å²) in [7, 11) is 0. The van der Waals surface area contributed by atoms with E-state index in [1.54, 1.807) is 0 Å². The highest BCUT2D eigenvalue weighted by Gasteiger charge is 1.99. The molecule has 0 atom stereocenters. The van der Waals surface area contributed by atoms with Gasteiger partial charge in [-0.05, 0) is 32.4 Å². The zero-order valence-corrected chi connectivity index (χ0v) is 9.46. The number of nitrogens with one attached hydrogen (secondary N) is 1. The molecule has 0 saturated heterocycles. The first-order valence-corrected chi connectivity index (χ1v) is 5.10. The second-order valence-corrected chi connectivity index (χ2v) is 4.07. The highest BCUT2D eigenvalue weighted by atomic mass is 14.9. The summed E-state index contributed by atoms with van der Waals surface area (Å²) in [5, 5.41) is 3.37. The summed E-state index contributed by atoms with van der Waals surface area (Å²) in [6, 6.07) is 2.03. The molecule has 1 N–H and O–H groups in total. The highest BCUT2D eigenvalue weighted by Crippen LogP contribution is 1.99. The lowest BCUT2D eigenvalue weighted by atomic mass is 10.2. The van der Waals surface area contributed by atoms with Crippen LogP contribution in [-0.4, -0.2) is 16.5 Å². The minimum absolute atomic E-state index is 0.680. The molecule has 0 spiro atoms. The van der Waals surface area contributed by atoms with Crippen molar-refractivity contribution in [3.63, 3.8) is 0 Å². The molecule has 0 fully saturated rings. The molecular weight excluding hydrogens is 174 g/mol. The SMILES string of the molecule is Cc1cc(CNCC(C)C)nc(C)n1. The van der Waals surface area contributed by atoms with Crippen LogP contribution in [-0.2, 0) is 6.54 Å². The molecule has 0 radical (unpaired) electrons. The van der Waals surface area contributed by atoms with E-state index in [0.29, 0.717) is 5.92 Å². The molecule has 1 aromatic heterocycles. The topological polar surface area (TPSA) is 37.8 Å². The summed E-state index contributed by atoms with van der Waals surface area (Å²) in [5.41, 5.74) is 2.12. The molecule has 0 saturated carbocycles. The molecule has 0 aromatic carbocycles. The zero-order valence-electron chi connectivity index (χ0n) is 9.46. The number of hydrogen-bond donors (Lipinski definition) is 1. The largest absolute Gasteiger partial charge is 0.311 e. The molecule has 0 amide bonds. The molecule has 0 aliphatic carbocycles. The Kier molecular flexibility index (Phi) is 4.01. The smallest absolute Gasteiger partial charge is 0.125 e. The first-order valence-electron chi connectivity index (χ1n) is 5.10. The maximum Gasteiger partial charge on any atom is 0.125 e. The van der Waals surface area contributed by atoms with E-state index in [4.69, 9.17) is 0 Å². The van der Waals surface area contributed by atoms with Crippen molar-refractivity contribution in [1.82, 2.24) is 15.3 Å². The molecule has 3 nitrogen and oxygen atoms in total. The van der Waals surface area contributed by atoms with Gasteiger partial charge in [0.25, 0.3) is 0 Å². The molecule has 3 heteroatoms. The van der Waals surface area contributed by atoms with Crippen molar-refractivity contribution in [2.24, 2.45) is 5.92 Å². The fourth-order valence-electron chi connectivity index (χ4n) is 1.37. The molecular formula is C11H19N3. The lowest BCUT2D eigenvalue weighted by molar-refractivity contribution is 0.547. The molecule has 0 aliphatic rings. The van der Waals surface area contributed by atoms with E-state index in [0.717, 1.165) is 30.3 Å². The minimum atomic E-state index is 0.680. The summed E-state index contributed by atoms with van der Waals surface area (Å²) in [5.74, 6) is 1.53. The third-order valence-electron chi connectivity index (χ3n) is 1.88. The summed E-state index contributed by atoms with van der Waals surface area (Å²) in [6.45, 7) is 10.2. The highest BCUT2D eigenvalue weighted by molar-refractivity contribution is 5.09. The van der Waals surface area contributed by atoms with Crippen LogP contribution in [0.5, 0.6) is 0 Å². The predicted octanol–water partition coefficient (Wildman–Crippen LogP) is 1.84. The van der Waals surface area contributed by atoms with Crippen LogP contribution < -0.4 is 5.32 Å². The van der Waals surface area contributed by atoms with Crippen LogP contribution >= 0.6 is 0 Å². The van der Waals surface area contributed by atoms with Gasteiger partial charge >= 0.3 is 0 Å². The first kappa shape index (κ1) is 11.1. The second kappa shape index (κ2) is 5.05. The average molecular weight is 193 g/mol. The third kappa shape index (κ3) is 3.83. The van der Waals surface area contributed by atoms with Gasteiger partial charge in [0.15, 0.2) is 0 Å². The number of aromatic nitrogens is 2. The van der Waals surface area contributed by atoms with E-state index in [-0.39, 0.29) is 0 Å². The van der Waals surface area contributed by atoms with Crippen molar-refractivity contribution in [2.45, 2.75) is 34.2 Å². The number of hydrogen-bond acceptors (Lipinski definition) is 3. The molecule has 1 heterocycles. The molecule has 0 bridgehead atoms. The van der Waals surface area contributed by atoms with Crippen LogP contribution in [0.4, 0.5) is 0 Å². The fraction of sp³-hybridized carbons (Fsp3) is 0.636. The minimum Gasteiger partial charge on any atom is -0.311 e. The zero-order chi connectivity index (χ0) is 10.6. The maximum atomic E-state index is 4.36. The Hall–Kier alpha value is -0.960. The Labute approximate surface area is 86.0 Å². The van der Waals surface area contributed by atoms with Crippen LogP contribution in [0, 0.1) is 19.8 Å². The summed E-state index contributed by atoms with van der Waals surface area (Å²) >= 11 is 0. The van der Waals surface area contributed by atoms with E-state index in [1.807, 2.05) is 19.9 Å². The van der Waals surface area contributed by atoms with Crippen molar-refractivity contribution in [2.75, 3.05) is 6.54 Å². The summed E-state index contributed by atoms with van der Waals surface area (Å²) < 4.78 is 0. The molecule has 0 unspecified atom stereocenters. The van der Waals surface area contributed by atoms with Crippen LogP contribution in [0.1, 0.15) is 31.1 Å². The Balaban J connectivity index is 2.50. The van der Waals surface area contributed by atoms with Gasteiger partial charge in [0, 0.05) is 12.2 Å².